The van der Waals surface area contributed by atoms with E-state index in [2.05, 4.69) is 26.1 Å². The monoisotopic (exact) mass is 423 g/mol. The number of amides is 1. The molecule has 0 radical (unpaired) electrons. The molecule has 1 amide bonds. The van der Waals surface area contributed by atoms with E-state index in [1.54, 1.807) is 12.1 Å². The van der Waals surface area contributed by atoms with Gasteiger partial charge in [-0.15, -0.1) is 10.2 Å². The Morgan fingerprint density at radius 2 is 2.08 bits per heavy atom. The number of alkyl halides is 3. The van der Waals surface area contributed by atoms with Crippen LogP contribution in [0.2, 0.25) is 0 Å². The Morgan fingerprint density at radius 3 is 2.71 bits per heavy atom. The summed E-state index contributed by atoms with van der Waals surface area (Å²) in [6.07, 6.45) is -4.46. The van der Waals surface area contributed by atoms with Crippen LogP contribution in [-0.4, -0.2) is 38.8 Å². The normalized spacial score (nSPS) is 12.9. The Labute approximate surface area is 148 Å². The number of hydrogen-bond acceptors (Lipinski definition) is 5. The molecule has 6 nitrogen and oxygen atoms in total. The summed E-state index contributed by atoms with van der Waals surface area (Å²) in [6.45, 7) is 0.0808. The van der Waals surface area contributed by atoms with E-state index in [1.807, 2.05) is 17.4 Å². The fraction of sp³-hybridized carbons (Fsp3) is 0.308. The van der Waals surface area contributed by atoms with E-state index in [-0.39, 0.29) is 5.16 Å². The Bertz CT molecular complexity index is 737. The highest BCUT2D eigenvalue weighted by Gasteiger charge is 2.29. The summed E-state index contributed by atoms with van der Waals surface area (Å²) in [4.78, 5) is 11.7. The minimum absolute atomic E-state index is 0.218. The maximum Gasteiger partial charge on any atom is 0.405 e. The number of hydrogen-bond donors (Lipinski definition) is 2. The van der Waals surface area contributed by atoms with Crippen molar-refractivity contribution in [1.82, 2.24) is 20.2 Å². The van der Waals surface area contributed by atoms with Crippen LogP contribution in [0.1, 0.15) is 6.92 Å². The van der Waals surface area contributed by atoms with Crippen LogP contribution in [-0.2, 0) is 4.79 Å². The molecule has 1 aromatic carbocycles. The quantitative estimate of drug-likeness (QED) is 0.570. The summed E-state index contributed by atoms with van der Waals surface area (Å²) in [5, 5.41) is 9.09. The van der Waals surface area contributed by atoms with Gasteiger partial charge in [0.1, 0.15) is 6.54 Å². The van der Waals surface area contributed by atoms with Crippen molar-refractivity contribution in [3.63, 3.8) is 0 Å². The van der Waals surface area contributed by atoms with Crippen LogP contribution in [0.4, 0.5) is 13.2 Å². The predicted molar refractivity (Wildman–Crippen MR) is 87.7 cm³/mol. The number of aromatic nitrogens is 3. The van der Waals surface area contributed by atoms with Crippen molar-refractivity contribution in [1.29, 1.82) is 0 Å². The van der Waals surface area contributed by atoms with Crippen LogP contribution in [0.15, 0.2) is 33.9 Å². The number of nitrogen functional groups attached to an aromatic ring is 1. The Hall–Kier alpha value is -1.75. The fourth-order valence-electron chi connectivity index (χ4n) is 1.73. The summed E-state index contributed by atoms with van der Waals surface area (Å²) in [7, 11) is 0. The molecule has 0 spiro atoms. The lowest BCUT2D eigenvalue weighted by atomic mass is 10.2. The number of carbonyl (C=O) groups is 1. The number of nitrogens with one attached hydrogen (secondary N) is 1. The molecule has 0 aliphatic heterocycles. The van der Waals surface area contributed by atoms with Crippen LogP contribution < -0.4 is 11.2 Å². The molecular weight excluding hydrogens is 411 g/mol. The van der Waals surface area contributed by atoms with Crippen molar-refractivity contribution >= 4 is 33.6 Å². The minimum atomic E-state index is -4.46. The lowest BCUT2D eigenvalue weighted by Gasteiger charge is -2.13. The van der Waals surface area contributed by atoms with Crippen LogP contribution in [0, 0.1) is 0 Å². The van der Waals surface area contributed by atoms with E-state index in [4.69, 9.17) is 5.84 Å². The third-order valence-electron chi connectivity index (χ3n) is 2.89. The van der Waals surface area contributed by atoms with Crippen molar-refractivity contribution < 1.29 is 18.0 Å². The van der Waals surface area contributed by atoms with Crippen molar-refractivity contribution in [3.8, 4) is 11.4 Å². The topological polar surface area (TPSA) is 85.8 Å². The molecule has 2 aromatic rings. The molecule has 11 heteroatoms. The van der Waals surface area contributed by atoms with E-state index in [1.165, 1.54) is 11.6 Å². The van der Waals surface area contributed by atoms with E-state index < -0.39 is 23.9 Å². The zero-order valence-electron chi connectivity index (χ0n) is 12.3. The smallest absolute Gasteiger partial charge is 0.346 e. The standard InChI is InChI=1S/C13H13BrF3N5OS/c1-7(11(23)19-6-13(15,16)17)24-12-21-20-10(22(12)18)8-4-2-3-5-9(8)14/h2-5,7H,6,18H2,1H3,(H,19,23). The van der Waals surface area contributed by atoms with Gasteiger partial charge in [-0.3, -0.25) is 4.79 Å². The van der Waals surface area contributed by atoms with E-state index >= 15 is 0 Å². The first kappa shape index (κ1) is 18.6. The molecule has 0 saturated heterocycles. The molecule has 0 saturated carbocycles. The van der Waals surface area contributed by atoms with Crippen molar-refractivity contribution in [3.05, 3.63) is 28.7 Å². The highest BCUT2D eigenvalue weighted by Crippen LogP contribution is 2.29. The average molecular weight is 424 g/mol. The van der Waals surface area contributed by atoms with Crippen LogP contribution >= 0.6 is 27.7 Å². The molecule has 0 bridgehead atoms. The van der Waals surface area contributed by atoms with Gasteiger partial charge in [0.2, 0.25) is 11.1 Å². The zero-order valence-corrected chi connectivity index (χ0v) is 14.7. The maximum absolute atomic E-state index is 12.1. The van der Waals surface area contributed by atoms with Gasteiger partial charge in [0.05, 0.1) is 5.25 Å². The number of nitrogens with zero attached hydrogens (tertiary/aromatic N) is 3. The lowest BCUT2D eigenvalue weighted by molar-refractivity contribution is -0.137. The third kappa shape index (κ3) is 4.63. The Kier molecular flexibility index (Phi) is 5.75. The lowest BCUT2D eigenvalue weighted by Crippen LogP contribution is -2.38. The maximum atomic E-state index is 12.1. The van der Waals surface area contributed by atoms with Crippen molar-refractivity contribution in [2.75, 3.05) is 12.4 Å². The highest BCUT2D eigenvalue weighted by atomic mass is 79.9. The summed E-state index contributed by atoms with van der Waals surface area (Å²) < 4.78 is 38.3. The number of carbonyl (C=O) groups excluding carboxylic acids is 1. The van der Waals surface area contributed by atoms with Gasteiger partial charge < -0.3 is 11.2 Å². The van der Waals surface area contributed by atoms with E-state index in [9.17, 15) is 18.0 Å². The van der Waals surface area contributed by atoms with E-state index in [0.717, 1.165) is 16.2 Å². The average Bonchev–Trinajstić information content (AvgIpc) is 2.85. The molecule has 24 heavy (non-hydrogen) atoms. The molecule has 1 atom stereocenters. The molecule has 1 aromatic heterocycles. The molecule has 2 rings (SSSR count). The molecule has 0 aliphatic rings. The van der Waals surface area contributed by atoms with Gasteiger partial charge >= 0.3 is 6.18 Å². The van der Waals surface area contributed by atoms with Crippen molar-refractivity contribution in [2.45, 2.75) is 23.5 Å². The zero-order chi connectivity index (χ0) is 17.9. The number of rotatable bonds is 5. The molecule has 0 aliphatic carbocycles. The third-order valence-corrected chi connectivity index (χ3v) is 4.64. The van der Waals surface area contributed by atoms with E-state index in [0.29, 0.717) is 11.4 Å². The van der Waals surface area contributed by atoms with Gasteiger partial charge in [0.15, 0.2) is 5.82 Å². The second-order valence-electron chi connectivity index (χ2n) is 4.75. The number of nitrogens with two attached hydrogens (primary N) is 1. The van der Waals surface area contributed by atoms with Gasteiger partial charge in [-0.1, -0.05) is 39.8 Å². The minimum Gasteiger partial charge on any atom is -0.346 e. The molecule has 1 heterocycles. The second-order valence-corrected chi connectivity index (χ2v) is 6.91. The summed E-state index contributed by atoms with van der Waals surface area (Å²) in [6, 6.07) is 7.22. The van der Waals surface area contributed by atoms with Gasteiger partial charge in [-0.25, -0.2) is 4.68 Å². The SMILES string of the molecule is CC(Sc1nnc(-c2ccccc2Br)n1N)C(=O)NCC(F)(F)F. The summed E-state index contributed by atoms with van der Waals surface area (Å²) >= 11 is 4.30. The first-order valence-corrected chi connectivity index (χ1v) is 8.33. The fourth-order valence-corrected chi connectivity index (χ4v) is 2.98. The predicted octanol–water partition coefficient (Wildman–Crippen LogP) is 2.58. The largest absolute Gasteiger partial charge is 0.405 e. The summed E-state index contributed by atoms with van der Waals surface area (Å²) in [5.74, 6) is 5.54. The molecule has 0 fully saturated rings. The first-order chi connectivity index (χ1) is 11.2. The van der Waals surface area contributed by atoms with Gasteiger partial charge in [0, 0.05) is 10.0 Å². The van der Waals surface area contributed by atoms with Crippen molar-refractivity contribution in [2.24, 2.45) is 0 Å². The van der Waals surface area contributed by atoms with Gasteiger partial charge in [0.25, 0.3) is 0 Å². The molecular formula is C13H13BrF3N5OS. The molecule has 1 unspecified atom stereocenters. The van der Waals surface area contributed by atoms with Crippen LogP contribution in [0.3, 0.4) is 0 Å². The Morgan fingerprint density at radius 1 is 1.42 bits per heavy atom. The first-order valence-electron chi connectivity index (χ1n) is 6.65. The Balaban J connectivity index is 2.09. The highest BCUT2D eigenvalue weighted by molar-refractivity contribution is 9.10. The van der Waals surface area contributed by atoms with Gasteiger partial charge in [-0.2, -0.15) is 13.2 Å². The van der Waals surface area contributed by atoms with Crippen LogP contribution in [0.5, 0.6) is 0 Å². The van der Waals surface area contributed by atoms with Gasteiger partial charge in [-0.05, 0) is 19.1 Å². The van der Waals surface area contributed by atoms with Crippen LogP contribution in [0.25, 0.3) is 11.4 Å². The number of thioether (sulfide) groups is 1. The summed E-state index contributed by atoms with van der Waals surface area (Å²) in [5.41, 5.74) is 0.702. The molecule has 130 valence electrons. The number of benzene rings is 1. The molecule has 3 N–H and O–H groups in total. The second kappa shape index (κ2) is 7.43. The number of halogens is 4.